The molecule has 2 aliphatic carbocycles. The molecule has 0 amide bonds. The van der Waals surface area contributed by atoms with E-state index in [1.807, 2.05) is 0 Å². The number of hydrogen-bond acceptors (Lipinski definition) is 14. The molecular formula is C25H24O14. The van der Waals surface area contributed by atoms with Crippen LogP contribution in [0, 0.1) is 10.4 Å². The molecule has 14 heteroatoms. The predicted octanol–water partition coefficient (Wildman–Crippen LogP) is -4.48. The van der Waals surface area contributed by atoms with Gasteiger partial charge in [-0.15, -0.1) is 0 Å². The van der Waals surface area contributed by atoms with E-state index < -0.39 is 99.8 Å². The quantitative estimate of drug-likeness (QED) is 0.165. The van der Waals surface area contributed by atoms with Crippen molar-refractivity contribution in [3.63, 3.8) is 0 Å². The summed E-state index contributed by atoms with van der Waals surface area (Å²) in [5, 5.41) is 59.3. The minimum atomic E-state index is -1.93. The molecule has 0 spiro atoms. The summed E-state index contributed by atoms with van der Waals surface area (Å²) in [6.45, 7) is -0.942. The summed E-state index contributed by atoms with van der Waals surface area (Å²) in [4.78, 5) is 51.2. The van der Waals surface area contributed by atoms with Crippen molar-refractivity contribution in [2.75, 3.05) is 13.2 Å². The van der Waals surface area contributed by atoms with Gasteiger partial charge in [0.15, 0.2) is 17.1 Å². The fraction of sp³-hybridized carbons (Fsp3) is 0.440. The molecule has 0 unspecified atom stereocenters. The summed E-state index contributed by atoms with van der Waals surface area (Å²) in [6.07, 6.45) is -14.9. The molecule has 5 rings (SSSR count). The molecule has 9 atom stereocenters. The summed E-state index contributed by atoms with van der Waals surface area (Å²) >= 11 is 0. The molecule has 14 nitrogen and oxygen atoms in total. The highest BCUT2D eigenvalue weighted by molar-refractivity contribution is 5.82. The number of fused-ring (bicyclic) bond motifs is 1. The molecule has 1 aromatic rings. The number of rotatable bonds is 5. The van der Waals surface area contributed by atoms with E-state index >= 15 is 0 Å². The predicted molar refractivity (Wildman–Crippen MR) is 128 cm³/mol. The van der Waals surface area contributed by atoms with Gasteiger partial charge in [-0.25, -0.2) is 0 Å². The van der Waals surface area contributed by atoms with E-state index in [0.717, 1.165) is 0 Å². The first-order chi connectivity index (χ1) is 18.5. The van der Waals surface area contributed by atoms with Gasteiger partial charge >= 0.3 is 0 Å². The van der Waals surface area contributed by atoms with Crippen molar-refractivity contribution in [3.8, 4) is 5.75 Å². The summed E-state index contributed by atoms with van der Waals surface area (Å²) in [7, 11) is 0. The minimum Gasteiger partial charge on any atom is -0.461 e. The molecule has 0 radical (unpaired) electrons. The van der Waals surface area contributed by atoms with Crippen LogP contribution in [0.5, 0.6) is 5.75 Å². The normalized spacial score (nSPS) is 33.4. The molecule has 2 fully saturated rings. The molecule has 2 heterocycles. The molecule has 2 saturated heterocycles. The van der Waals surface area contributed by atoms with Crippen LogP contribution in [0.15, 0.2) is 49.5 Å². The molecular weight excluding hydrogens is 524 g/mol. The Kier molecular flexibility index (Phi) is 7.32. The van der Waals surface area contributed by atoms with E-state index in [4.69, 9.17) is 18.9 Å². The minimum absolute atomic E-state index is 0.0388. The van der Waals surface area contributed by atoms with Crippen molar-refractivity contribution in [1.82, 2.24) is 0 Å². The molecule has 0 saturated carbocycles. The largest absolute Gasteiger partial charge is 0.461 e. The monoisotopic (exact) mass is 548 g/mol. The Hall–Kier alpha value is -3.18. The van der Waals surface area contributed by atoms with Crippen molar-refractivity contribution in [1.29, 1.82) is 0 Å². The van der Waals surface area contributed by atoms with Gasteiger partial charge in [0.05, 0.1) is 23.7 Å². The third-order valence-electron chi connectivity index (χ3n) is 6.87. The SMILES string of the molecule is O=c1cc(O[C@@H]2O[C@H](CO[C@@H]3OC[C@@H](O)[C@H](O)[C@H]3O)[C@@H](O)[C@H](O)[C@H]2O)c2c(=O)c3ccccc3c(=O)c=2c1=O. The summed E-state index contributed by atoms with van der Waals surface area (Å²) in [6, 6.07) is 6.34. The first-order valence-electron chi connectivity index (χ1n) is 11.9. The maximum atomic E-state index is 13.2. The highest BCUT2D eigenvalue weighted by Crippen LogP contribution is 2.26. The second-order valence-electron chi connectivity index (χ2n) is 9.37. The Morgan fingerprint density at radius 2 is 1.36 bits per heavy atom. The van der Waals surface area contributed by atoms with Gasteiger partial charge in [-0.2, -0.15) is 0 Å². The second kappa shape index (κ2) is 10.4. The van der Waals surface area contributed by atoms with Crippen molar-refractivity contribution < 1.29 is 49.6 Å². The number of hydrogen-bond donors (Lipinski definition) is 6. The number of aliphatic hydroxyl groups is 6. The van der Waals surface area contributed by atoms with E-state index in [-0.39, 0.29) is 17.4 Å². The van der Waals surface area contributed by atoms with E-state index in [2.05, 4.69) is 0 Å². The maximum Gasteiger partial charge on any atom is 0.237 e. The molecule has 0 aromatic heterocycles. The lowest BCUT2D eigenvalue weighted by Crippen LogP contribution is -2.61. The van der Waals surface area contributed by atoms with Crippen molar-refractivity contribution in [3.05, 3.63) is 81.7 Å². The first-order valence-corrected chi connectivity index (χ1v) is 11.9. The van der Waals surface area contributed by atoms with Crippen LogP contribution in [0.2, 0.25) is 0 Å². The van der Waals surface area contributed by atoms with Crippen LogP contribution in [0.1, 0.15) is 0 Å². The smallest absolute Gasteiger partial charge is 0.237 e. The van der Waals surface area contributed by atoms with Gasteiger partial charge < -0.3 is 49.6 Å². The molecule has 4 aliphatic rings. The topological polar surface area (TPSA) is 227 Å². The molecule has 6 N–H and O–H groups in total. The third-order valence-corrected chi connectivity index (χ3v) is 6.87. The van der Waals surface area contributed by atoms with Crippen molar-refractivity contribution in [2.24, 2.45) is 0 Å². The van der Waals surface area contributed by atoms with E-state index in [0.29, 0.717) is 6.07 Å². The highest BCUT2D eigenvalue weighted by Gasteiger charge is 2.46. The lowest BCUT2D eigenvalue weighted by Gasteiger charge is -2.41. The number of benzene rings is 1. The Labute approximate surface area is 216 Å². The van der Waals surface area contributed by atoms with E-state index in [1.54, 1.807) is 0 Å². The molecule has 208 valence electrons. The zero-order chi connectivity index (χ0) is 28.2. The Bertz CT molecular complexity index is 1650. The van der Waals surface area contributed by atoms with Crippen LogP contribution in [0.3, 0.4) is 0 Å². The van der Waals surface area contributed by atoms with Crippen molar-refractivity contribution >= 4 is 10.8 Å². The van der Waals surface area contributed by atoms with E-state index in [9.17, 15) is 49.8 Å². The summed E-state index contributed by atoms with van der Waals surface area (Å²) in [5.74, 6) is -0.557. The average Bonchev–Trinajstić information content (AvgIpc) is 2.92. The van der Waals surface area contributed by atoms with Crippen LogP contribution in [-0.4, -0.2) is 99.2 Å². The first kappa shape index (κ1) is 27.4. The number of ether oxygens (including phenoxy) is 4. The lowest BCUT2D eigenvalue weighted by molar-refractivity contribution is -0.307. The van der Waals surface area contributed by atoms with Gasteiger partial charge in [0.25, 0.3) is 0 Å². The Morgan fingerprint density at radius 1 is 0.744 bits per heavy atom. The fourth-order valence-electron chi connectivity index (χ4n) is 4.69. The van der Waals surface area contributed by atoms with Crippen LogP contribution >= 0.6 is 0 Å². The van der Waals surface area contributed by atoms with E-state index in [1.165, 1.54) is 24.3 Å². The Balaban J connectivity index is 1.48. The molecule has 2 aliphatic heterocycles. The van der Waals surface area contributed by atoms with Crippen molar-refractivity contribution in [2.45, 2.75) is 55.3 Å². The average molecular weight is 548 g/mol. The molecule has 1 aromatic carbocycles. The van der Waals surface area contributed by atoms with Gasteiger partial charge in [-0.05, 0) is 0 Å². The highest BCUT2D eigenvalue weighted by atomic mass is 16.7. The number of aliphatic hydroxyl groups excluding tert-OH is 6. The fourth-order valence-corrected chi connectivity index (χ4v) is 4.69. The van der Waals surface area contributed by atoms with Gasteiger partial charge in [-0.3, -0.25) is 19.2 Å². The van der Waals surface area contributed by atoms with Crippen LogP contribution < -0.4 is 26.5 Å². The van der Waals surface area contributed by atoms with Gasteiger partial charge in [0.2, 0.25) is 17.1 Å². The Morgan fingerprint density at radius 3 is 2.03 bits per heavy atom. The molecule has 0 bridgehead atoms. The summed E-state index contributed by atoms with van der Waals surface area (Å²) in [5.41, 5.74) is -4.03. The zero-order valence-corrected chi connectivity index (χ0v) is 19.9. The third kappa shape index (κ3) is 4.65. The lowest BCUT2D eigenvalue weighted by atomic mass is 9.99. The van der Waals surface area contributed by atoms with Gasteiger partial charge in [0.1, 0.15) is 48.5 Å². The van der Waals surface area contributed by atoms with Crippen LogP contribution in [0.4, 0.5) is 0 Å². The van der Waals surface area contributed by atoms with Gasteiger partial charge in [0, 0.05) is 16.8 Å². The van der Waals surface area contributed by atoms with Crippen LogP contribution in [-0.2, 0) is 14.2 Å². The van der Waals surface area contributed by atoms with Crippen LogP contribution in [0.25, 0.3) is 10.8 Å². The second-order valence-corrected chi connectivity index (χ2v) is 9.37. The zero-order valence-electron chi connectivity index (χ0n) is 19.9. The maximum absolute atomic E-state index is 13.2. The van der Waals surface area contributed by atoms with Gasteiger partial charge in [-0.1, -0.05) is 24.3 Å². The standard InChI is InChI=1S/C25H24O14/c26-10-5-12(14-15(18(10)30)17(29)9-4-2-1-3-8(9)16(14)28)38-25-23(35)21(33)20(32)13(39-25)7-37-24-22(34)19(31)11(27)6-36-24/h1-5,11,13,19-25,27,31-35H,6-7H2/t11-,13-,19+,20-,21+,22-,23-,24+,25-/m1/s1. The molecule has 39 heavy (non-hydrogen) atoms. The summed E-state index contributed by atoms with van der Waals surface area (Å²) < 4.78 is 21.5.